The maximum atomic E-state index is 13.1. The molecule has 2 aliphatic rings. The van der Waals surface area contributed by atoms with Gasteiger partial charge in [0.2, 0.25) is 17.6 Å². The third-order valence-corrected chi connectivity index (χ3v) is 5.91. The van der Waals surface area contributed by atoms with E-state index in [2.05, 4.69) is 10.6 Å². The topological polar surface area (TPSA) is 165 Å². The standard InChI is InChI=1S/C20H33N5O5/c1-20(2,3)15(24-19(22)30)18(29)25-9-5-8-13(25)17(28)23-12(14(26)16(21)27)10-11-6-4-7-11/h11-13,15H,4-10H2,1-3H3,(H2,21,27)(H,23,28)(H3,22,24,30)/t12?,13-,15+/m0/s1. The summed E-state index contributed by atoms with van der Waals surface area (Å²) in [5.41, 5.74) is 9.77. The van der Waals surface area contributed by atoms with Gasteiger partial charge in [-0.3, -0.25) is 19.2 Å². The van der Waals surface area contributed by atoms with E-state index in [0.29, 0.717) is 25.8 Å². The fourth-order valence-corrected chi connectivity index (χ4v) is 3.99. The average Bonchev–Trinajstić information content (AvgIpc) is 3.08. The van der Waals surface area contributed by atoms with Crippen LogP contribution in [-0.4, -0.2) is 59.1 Å². The Morgan fingerprint density at radius 2 is 1.63 bits per heavy atom. The molecule has 30 heavy (non-hydrogen) atoms. The largest absolute Gasteiger partial charge is 0.363 e. The second-order valence-corrected chi connectivity index (χ2v) is 9.32. The van der Waals surface area contributed by atoms with Crippen molar-refractivity contribution >= 4 is 29.5 Å². The van der Waals surface area contributed by atoms with Gasteiger partial charge in [0.05, 0.1) is 6.04 Å². The molecule has 10 heteroatoms. The van der Waals surface area contributed by atoms with E-state index < -0.39 is 53.1 Å². The minimum absolute atomic E-state index is 0.268. The van der Waals surface area contributed by atoms with Crippen LogP contribution in [0.15, 0.2) is 0 Å². The number of Topliss-reactive ketones (excluding diaryl/α,β-unsaturated/α-hetero) is 1. The molecule has 3 atom stereocenters. The lowest BCUT2D eigenvalue weighted by Crippen LogP contribution is -2.59. The van der Waals surface area contributed by atoms with E-state index in [1.807, 2.05) is 0 Å². The molecule has 1 heterocycles. The van der Waals surface area contributed by atoms with Crippen LogP contribution < -0.4 is 22.1 Å². The summed E-state index contributed by atoms with van der Waals surface area (Å²) < 4.78 is 0. The van der Waals surface area contributed by atoms with E-state index in [9.17, 15) is 24.0 Å². The molecule has 2 rings (SSSR count). The summed E-state index contributed by atoms with van der Waals surface area (Å²) in [6, 6.07) is -3.50. The normalized spacial score (nSPS) is 21.3. The van der Waals surface area contributed by atoms with E-state index in [0.717, 1.165) is 19.3 Å². The van der Waals surface area contributed by atoms with Crippen molar-refractivity contribution in [2.75, 3.05) is 6.54 Å². The van der Waals surface area contributed by atoms with Crippen molar-refractivity contribution in [2.24, 2.45) is 22.8 Å². The molecule has 1 aliphatic carbocycles. The zero-order valence-electron chi connectivity index (χ0n) is 17.9. The molecule has 1 saturated carbocycles. The SMILES string of the molecule is CC(C)(C)[C@H](NC(N)=O)C(=O)N1CCC[C@H]1C(=O)NC(CC1CCC1)C(=O)C(N)=O. The lowest BCUT2D eigenvalue weighted by molar-refractivity contribution is -0.143. The Balaban J connectivity index is 2.14. The fourth-order valence-electron chi connectivity index (χ4n) is 3.99. The van der Waals surface area contributed by atoms with Crippen molar-refractivity contribution in [1.29, 1.82) is 0 Å². The van der Waals surface area contributed by atoms with E-state index in [1.165, 1.54) is 4.90 Å². The van der Waals surface area contributed by atoms with Crippen molar-refractivity contribution in [3.63, 3.8) is 0 Å². The van der Waals surface area contributed by atoms with E-state index >= 15 is 0 Å². The Morgan fingerprint density at radius 1 is 1.00 bits per heavy atom. The summed E-state index contributed by atoms with van der Waals surface area (Å²) >= 11 is 0. The van der Waals surface area contributed by atoms with Crippen LogP contribution in [0.2, 0.25) is 0 Å². The van der Waals surface area contributed by atoms with Crippen LogP contribution in [0, 0.1) is 11.3 Å². The van der Waals surface area contributed by atoms with Crippen LogP contribution >= 0.6 is 0 Å². The second-order valence-electron chi connectivity index (χ2n) is 9.32. The predicted molar refractivity (Wildman–Crippen MR) is 109 cm³/mol. The first-order valence-electron chi connectivity index (χ1n) is 10.4. The maximum absolute atomic E-state index is 13.1. The van der Waals surface area contributed by atoms with Gasteiger partial charge >= 0.3 is 6.03 Å². The van der Waals surface area contributed by atoms with Gasteiger partial charge in [0.15, 0.2) is 0 Å². The Morgan fingerprint density at radius 3 is 2.10 bits per heavy atom. The number of rotatable bonds is 8. The van der Waals surface area contributed by atoms with Crippen molar-refractivity contribution in [3.8, 4) is 0 Å². The zero-order valence-corrected chi connectivity index (χ0v) is 17.9. The Bertz CT molecular complexity index is 713. The molecule has 0 radical (unpaired) electrons. The van der Waals surface area contributed by atoms with Gasteiger partial charge in [0.25, 0.3) is 5.91 Å². The molecule has 10 nitrogen and oxygen atoms in total. The maximum Gasteiger partial charge on any atom is 0.312 e. The van der Waals surface area contributed by atoms with Crippen LogP contribution in [0.4, 0.5) is 4.79 Å². The van der Waals surface area contributed by atoms with Gasteiger partial charge in [-0.25, -0.2) is 4.79 Å². The Hall–Kier alpha value is -2.65. The number of likely N-dealkylation sites (tertiary alicyclic amines) is 1. The van der Waals surface area contributed by atoms with E-state index in [4.69, 9.17) is 11.5 Å². The highest BCUT2D eigenvalue weighted by atomic mass is 16.2. The number of ketones is 1. The summed E-state index contributed by atoms with van der Waals surface area (Å²) in [5.74, 6) is -2.54. The van der Waals surface area contributed by atoms with Crippen molar-refractivity contribution in [3.05, 3.63) is 0 Å². The quantitative estimate of drug-likeness (QED) is 0.396. The number of hydrogen-bond acceptors (Lipinski definition) is 5. The molecule has 0 bridgehead atoms. The molecule has 0 aromatic rings. The van der Waals surface area contributed by atoms with Crippen LogP contribution in [0.5, 0.6) is 0 Å². The van der Waals surface area contributed by atoms with Crippen molar-refractivity contribution < 1.29 is 24.0 Å². The number of carbonyl (C=O) groups is 5. The van der Waals surface area contributed by atoms with Gasteiger partial charge in [-0.1, -0.05) is 40.0 Å². The third kappa shape index (κ3) is 5.70. The van der Waals surface area contributed by atoms with Gasteiger partial charge in [-0.2, -0.15) is 0 Å². The monoisotopic (exact) mass is 423 g/mol. The highest BCUT2D eigenvalue weighted by Crippen LogP contribution is 2.31. The van der Waals surface area contributed by atoms with Gasteiger partial charge in [0.1, 0.15) is 12.1 Å². The minimum atomic E-state index is -1.09. The van der Waals surface area contributed by atoms with Crippen LogP contribution in [0.25, 0.3) is 0 Å². The first kappa shape index (κ1) is 23.6. The molecule has 1 unspecified atom stereocenters. The van der Waals surface area contributed by atoms with Gasteiger partial charge in [-0.15, -0.1) is 0 Å². The van der Waals surface area contributed by atoms with E-state index in [-0.39, 0.29) is 5.92 Å². The molecule has 1 aliphatic heterocycles. The molecule has 2 fully saturated rings. The molecule has 6 N–H and O–H groups in total. The first-order chi connectivity index (χ1) is 13.9. The first-order valence-corrected chi connectivity index (χ1v) is 10.4. The fraction of sp³-hybridized carbons (Fsp3) is 0.750. The van der Waals surface area contributed by atoms with Crippen molar-refractivity contribution in [2.45, 2.75) is 77.4 Å². The molecule has 1 saturated heterocycles. The lowest BCUT2D eigenvalue weighted by atomic mass is 9.80. The number of urea groups is 1. The zero-order chi connectivity index (χ0) is 22.6. The Kier molecular flexibility index (Phi) is 7.44. The smallest absolute Gasteiger partial charge is 0.312 e. The minimum Gasteiger partial charge on any atom is -0.363 e. The summed E-state index contributed by atoms with van der Waals surface area (Å²) in [6.45, 7) is 5.71. The van der Waals surface area contributed by atoms with Gasteiger partial charge in [0, 0.05) is 6.54 Å². The molecule has 0 aromatic heterocycles. The Labute approximate surface area is 176 Å². The molecule has 168 valence electrons. The highest BCUT2D eigenvalue weighted by molar-refractivity contribution is 6.37. The highest BCUT2D eigenvalue weighted by Gasteiger charge is 2.42. The number of nitrogens with zero attached hydrogens (tertiary/aromatic N) is 1. The number of carbonyl (C=O) groups excluding carboxylic acids is 5. The molecule has 5 amide bonds. The summed E-state index contributed by atoms with van der Waals surface area (Å²) in [5, 5.41) is 5.12. The molecule has 0 aromatic carbocycles. The van der Waals surface area contributed by atoms with Crippen LogP contribution in [-0.2, 0) is 19.2 Å². The third-order valence-electron chi connectivity index (χ3n) is 5.91. The number of hydrogen-bond donors (Lipinski definition) is 4. The average molecular weight is 424 g/mol. The van der Waals surface area contributed by atoms with E-state index in [1.54, 1.807) is 20.8 Å². The molecule has 0 spiro atoms. The predicted octanol–water partition coefficient (Wildman–Crippen LogP) is -0.210. The summed E-state index contributed by atoms with van der Waals surface area (Å²) in [4.78, 5) is 62.5. The van der Waals surface area contributed by atoms with Crippen molar-refractivity contribution in [1.82, 2.24) is 15.5 Å². The van der Waals surface area contributed by atoms with Gasteiger partial charge < -0.3 is 27.0 Å². The molecular weight excluding hydrogens is 390 g/mol. The summed E-state index contributed by atoms with van der Waals surface area (Å²) in [6.07, 6.45) is 4.33. The number of nitrogens with two attached hydrogens (primary N) is 2. The number of nitrogens with one attached hydrogen (secondary N) is 2. The molecular formula is C20H33N5O5. The number of amides is 5. The van der Waals surface area contributed by atoms with Gasteiger partial charge in [-0.05, 0) is 30.6 Å². The lowest BCUT2D eigenvalue weighted by Gasteiger charge is -2.35. The van der Waals surface area contributed by atoms with Crippen LogP contribution in [0.1, 0.15) is 59.3 Å². The van der Waals surface area contributed by atoms with Crippen LogP contribution in [0.3, 0.4) is 0 Å². The summed E-state index contributed by atoms with van der Waals surface area (Å²) in [7, 11) is 0. The number of primary amides is 2. The second kappa shape index (κ2) is 9.44.